The lowest BCUT2D eigenvalue weighted by atomic mass is 10.6. The fourth-order valence-electron chi connectivity index (χ4n) is 0.647. The summed E-state index contributed by atoms with van der Waals surface area (Å²) in [7, 11) is -4.64. The van der Waals surface area contributed by atoms with E-state index in [1.807, 2.05) is 0 Å². The first-order valence-corrected chi connectivity index (χ1v) is 6.71. The van der Waals surface area contributed by atoms with Crippen molar-refractivity contribution in [3.63, 3.8) is 0 Å². The van der Waals surface area contributed by atoms with E-state index < -0.39 is 13.8 Å². The summed E-state index contributed by atoms with van der Waals surface area (Å²) in [4.78, 5) is 32.1. The number of aliphatic hydroxyl groups excluding tert-OH is 1. The van der Waals surface area contributed by atoms with Gasteiger partial charge in [-0.1, -0.05) is 6.58 Å². The molecule has 0 aromatic carbocycles. The first-order chi connectivity index (χ1) is 8.81. The fourth-order valence-corrected chi connectivity index (χ4v) is 0.647. The van der Waals surface area contributed by atoms with Gasteiger partial charge in [0.05, 0.1) is 33.0 Å². The maximum absolute atomic E-state index is 10.5. The highest BCUT2D eigenvalue weighted by Crippen LogP contribution is 2.25. The first kappa shape index (κ1) is 20.5. The molecule has 0 aliphatic carbocycles. The molecule has 0 unspecified atom stereocenters. The minimum absolute atomic E-state index is 0.0109. The molecule has 0 aromatic rings. The fraction of sp³-hybridized carbons (Fsp3) is 0.667. The highest BCUT2D eigenvalue weighted by atomic mass is 31.2. The van der Waals surface area contributed by atoms with Crippen molar-refractivity contribution in [2.75, 3.05) is 39.6 Å². The maximum atomic E-state index is 10.5. The summed E-state index contributed by atoms with van der Waals surface area (Å²) in [5.74, 6) is -0.454. The van der Waals surface area contributed by atoms with Crippen molar-refractivity contribution in [1.82, 2.24) is 0 Å². The second-order valence-electron chi connectivity index (χ2n) is 2.83. The largest absolute Gasteiger partial charge is 0.466 e. The lowest BCUT2D eigenvalue weighted by Gasteiger charge is -2.04. The Morgan fingerprint density at radius 3 is 1.89 bits per heavy atom. The minimum Gasteiger partial charge on any atom is -0.460 e. The summed E-state index contributed by atoms with van der Waals surface area (Å²) >= 11 is 0. The second kappa shape index (κ2) is 13.6. The molecule has 0 spiro atoms. The predicted molar refractivity (Wildman–Crippen MR) is 64.1 cm³/mol. The van der Waals surface area contributed by atoms with Gasteiger partial charge in [0.15, 0.2) is 0 Å². The van der Waals surface area contributed by atoms with Crippen LogP contribution in [0, 0.1) is 0 Å². The van der Waals surface area contributed by atoms with Crippen LogP contribution in [-0.2, 0) is 23.6 Å². The average molecular weight is 302 g/mol. The SMILES string of the molecule is C=CC(=O)OCCOCCOCCO.O=P(O)(O)O. The van der Waals surface area contributed by atoms with Crippen LogP contribution in [0.2, 0.25) is 0 Å². The molecule has 0 aliphatic rings. The number of phosphoric acid groups is 1. The van der Waals surface area contributed by atoms with E-state index in [1.165, 1.54) is 0 Å². The molecule has 0 saturated heterocycles. The van der Waals surface area contributed by atoms with E-state index >= 15 is 0 Å². The zero-order valence-electron chi connectivity index (χ0n) is 10.3. The van der Waals surface area contributed by atoms with E-state index in [2.05, 4.69) is 11.3 Å². The molecule has 0 aromatic heterocycles. The van der Waals surface area contributed by atoms with Crippen LogP contribution < -0.4 is 0 Å². The minimum atomic E-state index is -4.64. The molecule has 0 heterocycles. The zero-order chi connectivity index (χ0) is 15.1. The Morgan fingerprint density at radius 2 is 1.47 bits per heavy atom. The number of hydrogen-bond donors (Lipinski definition) is 4. The van der Waals surface area contributed by atoms with Crippen molar-refractivity contribution < 1.29 is 43.4 Å². The van der Waals surface area contributed by atoms with Gasteiger partial charge in [-0.2, -0.15) is 0 Å². The van der Waals surface area contributed by atoms with E-state index in [1.54, 1.807) is 0 Å². The van der Waals surface area contributed by atoms with Gasteiger partial charge in [-0.15, -0.1) is 0 Å². The molecular formula is C9H19O9P. The zero-order valence-corrected chi connectivity index (χ0v) is 11.2. The van der Waals surface area contributed by atoms with Crippen LogP contribution >= 0.6 is 7.82 Å². The van der Waals surface area contributed by atoms with Crippen molar-refractivity contribution in [3.05, 3.63) is 12.7 Å². The molecular weight excluding hydrogens is 283 g/mol. The molecule has 10 heteroatoms. The van der Waals surface area contributed by atoms with Crippen molar-refractivity contribution in [2.24, 2.45) is 0 Å². The quantitative estimate of drug-likeness (QED) is 0.179. The average Bonchev–Trinajstić information content (AvgIpc) is 2.30. The number of aliphatic hydroxyl groups is 1. The van der Waals surface area contributed by atoms with Crippen LogP contribution in [0.3, 0.4) is 0 Å². The van der Waals surface area contributed by atoms with Crippen LogP contribution in [-0.4, -0.2) is 65.4 Å². The highest BCUT2D eigenvalue weighted by molar-refractivity contribution is 7.45. The molecule has 0 bridgehead atoms. The molecule has 19 heavy (non-hydrogen) atoms. The van der Waals surface area contributed by atoms with Gasteiger partial charge in [-0.3, -0.25) is 0 Å². The Labute approximate surface area is 110 Å². The Morgan fingerprint density at radius 1 is 1.05 bits per heavy atom. The number of rotatable bonds is 9. The van der Waals surface area contributed by atoms with Gasteiger partial charge in [-0.25, -0.2) is 9.36 Å². The topological polar surface area (TPSA) is 143 Å². The number of ether oxygens (including phenoxy) is 3. The van der Waals surface area contributed by atoms with Crippen molar-refractivity contribution >= 4 is 13.8 Å². The third-order valence-corrected chi connectivity index (χ3v) is 1.25. The van der Waals surface area contributed by atoms with Gasteiger partial charge in [0.25, 0.3) is 0 Å². The summed E-state index contributed by atoms with van der Waals surface area (Å²) in [5.41, 5.74) is 0. The summed E-state index contributed by atoms with van der Waals surface area (Å²) in [5, 5.41) is 8.36. The van der Waals surface area contributed by atoms with E-state index in [-0.39, 0.29) is 13.2 Å². The van der Waals surface area contributed by atoms with Gasteiger partial charge in [-0.05, 0) is 0 Å². The van der Waals surface area contributed by atoms with Gasteiger partial charge >= 0.3 is 13.8 Å². The van der Waals surface area contributed by atoms with E-state index in [0.717, 1.165) is 6.08 Å². The van der Waals surface area contributed by atoms with Gasteiger partial charge in [0, 0.05) is 6.08 Å². The third-order valence-electron chi connectivity index (χ3n) is 1.25. The first-order valence-electron chi connectivity index (χ1n) is 5.15. The lowest BCUT2D eigenvalue weighted by Crippen LogP contribution is -2.12. The van der Waals surface area contributed by atoms with Gasteiger partial charge in [0.2, 0.25) is 0 Å². The van der Waals surface area contributed by atoms with E-state index in [4.69, 9.17) is 33.8 Å². The molecule has 0 aliphatic heterocycles. The third kappa shape index (κ3) is 31.7. The van der Waals surface area contributed by atoms with Crippen LogP contribution in [0.4, 0.5) is 0 Å². The summed E-state index contributed by atoms with van der Waals surface area (Å²) in [6, 6.07) is 0. The monoisotopic (exact) mass is 302 g/mol. The standard InChI is InChI=1S/C9H16O5.H3O4P/c1-2-9(11)14-8-7-13-6-5-12-4-3-10;1-5(2,3)4/h2,10H,1,3-8H2;(H3,1,2,3,4). The Bertz CT molecular complexity index is 267. The van der Waals surface area contributed by atoms with E-state index in [9.17, 15) is 4.79 Å². The highest BCUT2D eigenvalue weighted by Gasteiger charge is 2.00. The molecule has 0 atom stereocenters. The molecule has 0 saturated carbocycles. The Hall–Kier alpha value is -0.800. The number of carbonyl (C=O) groups is 1. The molecule has 0 rings (SSSR count). The lowest BCUT2D eigenvalue weighted by molar-refractivity contribution is -0.139. The second-order valence-corrected chi connectivity index (χ2v) is 3.86. The van der Waals surface area contributed by atoms with Crippen LogP contribution in [0.5, 0.6) is 0 Å². The summed E-state index contributed by atoms with van der Waals surface area (Å²) < 4.78 is 23.5. The summed E-state index contributed by atoms with van der Waals surface area (Å²) in [6.07, 6.45) is 1.10. The van der Waals surface area contributed by atoms with Gasteiger partial charge in [0.1, 0.15) is 6.61 Å². The Balaban J connectivity index is 0. The molecule has 0 fully saturated rings. The van der Waals surface area contributed by atoms with Crippen LogP contribution in [0.1, 0.15) is 0 Å². The van der Waals surface area contributed by atoms with E-state index in [0.29, 0.717) is 26.4 Å². The molecule has 9 nitrogen and oxygen atoms in total. The van der Waals surface area contributed by atoms with Gasteiger partial charge < -0.3 is 34.0 Å². The summed E-state index contributed by atoms with van der Waals surface area (Å²) in [6.45, 7) is 4.97. The molecule has 4 N–H and O–H groups in total. The van der Waals surface area contributed by atoms with Crippen LogP contribution in [0.15, 0.2) is 12.7 Å². The molecule has 0 amide bonds. The van der Waals surface area contributed by atoms with Crippen molar-refractivity contribution in [3.8, 4) is 0 Å². The van der Waals surface area contributed by atoms with Crippen molar-refractivity contribution in [2.45, 2.75) is 0 Å². The molecule has 114 valence electrons. The maximum Gasteiger partial charge on any atom is 0.466 e. The molecule has 0 radical (unpaired) electrons. The Kier molecular flexibility index (Phi) is 14.7. The smallest absolute Gasteiger partial charge is 0.460 e. The predicted octanol–water partition coefficient (Wildman–Crippen LogP) is -1.19. The number of esters is 1. The number of carbonyl (C=O) groups excluding carboxylic acids is 1. The normalized spacial score (nSPS) is 10.3. The van der Waals surface area contributed by atoms with Crippen LogP contribution in [0.25, 0.3) is 0 Å². The number of hydrogen-bond acceptors (Lipinski definition) is 6. The van der Waals surface area contributed by atoms with Crippen molar-refractivity contribution in [1.29, 1.82) is 0 Å².